The number of rotatable bonds is 7. The van der Waals surface area contributed by atoms with Gasteiger partial charge >= 0.3 is 0 Å². The van der Waals surface area contributed by atoms with Crippen LogP contribution >= 0.6 is 11.3 Å². The van der Waals surface area contributed by atoms with Crippen molar-refractivity contribution in [1.29, 1.82) is 0 Å². The lowest BCUT2D eigenvalue weighted by Crippen LogP contribution is -2.31. The van der Waals surface area contributed by atoms with Crippen molar-refractivity contribution in [2.45, 2.75) is 38.7 Å². The third-order valence-electron chi connectivity index (χ3n) is 7.25. The Hall–Kier alpha value is -2.65. The molecular formula is C26H31F2N5OS. The number of thiophene rings is 1. The molecule has 35 heavy (non-hydrogen) atoms. The summed E-state index contributed by atoms with van der Waals surface area (Å²) >= 11 is 1.34. The van der Waals surface area contributed by atoms with Gasteiger partial charge in [-0.15, -0.1) is 11.3 Å². The monoisotopic (exact) mass is 499 g/mol. The summed E-state index contributed by atoms with van der Waals surface area (Å²) in [6.07, 6.45) is 1.66. The molecule has 0 radical (unpaired) electrons. The highest BCUT2D eigenvalue weighted by atomic mass is 32.1. The van der Waals surface area contributed by atoms with E-state index in [-0.39, 0.29) is 17.7 Å². The lowest BCUT2D eigenvalue weighted by atomic mass is 9.86. The van der Waals surface area contributed by atoms with E-state index in [1.54, 1.807) is 25.3 Å². The zero-order valence-electron chi connectivity index (χ0n) is 20.2. The number of carbonyl (C=O) groups excluding carboxylic acids is 1. The number of carbonyl (C=O) groups is 1. The highest BCUT2D eigenvalue weighted by molar-refractivity contribution is 7.18. The van der Waals surface area contributed by atoms with Crippen molar-refractivity contribution in [3.8, 4) is 0 Å². The second-order valence-electron chi connectivity index (χ2n) is 10.1. The number of hydrogen-bond acceptors (Lipinski definition) is 6. The number of alkyl halides is 2. The zero-order valence-corrected chi connectivity index (χ0v) is 21.0. The summed E-state index contributed by atoms with van der Waals surface area (Å²) in [5, 5.41) is 0.896. The third-order valence-corrected chi connectivity index (χ3v) is 8.32. The molecule has 2 aromatic heterocycles. The first-order chi connectivity index (χ1) is 16.8. The van der Waals surface area contributed by atoms with Crippen LogP contribution in [0.25, 0.3) is 10.2 Å². The van der Waals surface area contributed by atoms with Gasteiger partial charge in [-0.2, -0.15) is 0 Å². The number of likely N-dealkylation sites (tertiary alicyclic amines) is 1. The van der Waals surface area contributed by atoms with Crippen LogP contribution < -0.4 is 4.90 Å². The van der Waals surface area contributed by atoms with Gasteiger partial charge in [0.2, 0.25) is 12.3 Å². The normalized spacial score (nSPS) is 20.5. The predicted molar refractivity (Wildman–Crippen MR) is 135 cm³/mol. The average molecular weight is 500 g/mol. The van der Waals surface area contributed by atoms with Crippen LogP contribution in [0.4, 0.5) is 14.6 Å². The Balaban J connectivity index is 1.22. The Morgan fingerprint density at radius 1 is 1.11 bits per heavy atom. The van der Waals surface area contributed by atoms with Crippen molar-refractivity contribution in [2.24, 2.45) is 5.41 Å². The molecule has 186 valence electrons. The van der Waals surface area contributed by atoms with Gasteiger partial charge in [0.05, 0.1) is 11.8 Å². The van der Waals surface area contributed by atoms with Crippen LogP contribution in [0.5, 0.6) is 0 Å². The molecule has 1 amide bonds. The van der Waals surface area contributed by atoms with Crippen LogP contribution in [0.15, 0.2) is 36.7 Å². The van der Waals surface area contributed by atoms with E-state index in [0.29, 0.717) is 11.3 Å². The minimum atomic E-state index is -2.35. The first-order valence-electron chi connectivity index (χ1n) is 12.1. The zero-order chi connectivity index (χ0) is 24.6. The van der Waals surface area contributed by atoms with Crippen molar-refractivity contribution in [2.75, 3.05) is 45.2 Å². The second-order valence-corrected chi connectivity index (χ2v) is 11.3. The summed E-state index contributed by atoms with van der Waals surface area (Å²) in [6, 6.07) is 10.2. The molecule has 6 nitrogen and oxygen atoms in total. The van der Waals surface area contributed by atoms with E-state index in [1.165, 1.54) is 16.9 Å². The van der Waals surface area contributed by atoms with Gasteiger partial charge < -0.3 is 9.80 Å². The maximum absolute atomic E-state index is 12.9. The SMILES string of the molecule is CN(C)C(=O)Cc1ccc(CN2CCC3(CCN(c4ncnc5sc(CC(F)F)cc45)C3)C2)cc1. The quantitative estimate of drug-likeness (QED) is 0.487. The van der Waals surface area contributed by atoms with Crippen molar-refractivity contribution in [1.82, 2.24) is 19.8 Å². The van der Waals surface area contributed by atoms with Gasteiger partial charge in [0.1, 0.15) is 17.0 Å². The van der Waals surface area contributed by atoms with Crippen molar-refractivity contribution >= 4 is 33.3 Å². The van der Waals surface area contributed by atoms with Gasteiger partial charge in [0, 0.05) is 57.0 Å². The summed E-state index contributed by atoms with van der Waals surface area (Å²) in [5.74, 6) is 0.989. The number of likely N-dealkylation sites (N-methyl/N-ethyl adjacent to an activating group) is 1. The molecule has 4 heterocycles. The van der Waals surface area contributed by atoms with Crippen LogP contribution in [0.3, 0.4) is 0 Å². The highest BCUT2D eigenvalue weighted by Crippen LogP contribution is 2.43. The summed E-state index contributed by atoms with van der Waals surface area (Å²) in [6.45, 7) is 4.86. The Morgan fingerprint density at radius 3 is 2.60 bits per heavy atom. The predicted octanol–water partition coefficient (Wildman–Crippen LogP) is 4.23. The molecule has 0 aliphatic carbocycles. The van der Waals surface area contributed by atoms with Crippen molar-refractivity contribution in [3.63, 3.8) is 0 Å². The van der Waals surface area contributed by atoms with Gasteiger partial charge in [-0.1, -0.05) is 24.3 Å². The summed E-state index contributed by atoms with van der Waals surface area (Å²) in [4.78, 5) is 28.7. The second kappa shape index (κ2) is 9.78. The van der Waals surface area contributed by atoms with Gasteiger partial charge in [-0.3, -0.25) is 9.69 Å². The number of benzene rings is 1. The molecule has 0 saturated carbocycles. The van der Waals surface area contributed by atoms with E-state index in [2.05, 4.69) is 44.0 Å². The van der Waals surface area contributed by atoms with E-state index < -0.39 is 6.43 Å². The third kappa shape index (κ3) is 5.30. The molecule has 0 N–H and O–H groups in total. The molecule has 3 aromatic rings. The minimum absolute atomic E-state index is 0.110. The summed E-state index contributed by atoms with van der Waals surface area (Å²) < 4.78 is 25.8. The molecule has 2 saturated heterocycles. The maximum Gasteiger partial charge on any atom is 0.243 e. The van der Waals surface area contributed by atoms with Crippen LogP contribution in [0.1, 0.15) is 28.8 Å². The highest BCUT2D eigenvalue weighted by Gasteiger charge is 2.44. The molecule has 2 fully saturated rings. The number of hydrogen-bond donors (Lipinski definition) is 0. The van der Waals surface area contributed by atoms with Crippen LogP contribution in [-0.4, -0.2) is 72.4 Å². The Kier molecular flexibility index (Phi) is 6.72. The number of halogens is 2. The van der Waals surface area contributed by atoms with Gasteiger partial charge in [-0.25, -0.2) is 18.7 Å². The fourth-order valence-electron chi connectivity index (χ4n) is 5.36. The Labute approximate surface area is 208 Å². The van der Waals surface area contributed by atoms with Crippen molar-refractivity contribution < 1.29 is 13.6 Å². The lowest BCUT2D eigenvalue weighted by Gasteiger charge is -2.25. The molecule has 2 aliphatic heterocycles. The van der Waals surface area contributed by atoms with E-state index in [4.69, 9.17) is 0 Å². The van der Waals surface area contributed by atoms with Gasteiger partial charge in [0.15, 0.2) is 0 Å². The molecule has 1 aromatic carbocycles. The van der Waals surface area contributed by atoms with E-state index in [1.807, 2.05) is 6.07 Å². The Morgan fingerprint density at radius 2 is 1.86 bits per heavy atom. The fraction of sp³-hybridized carbons (Fsp3) is 0.500. The first kappa shape index (κ1) is 24.1. The van der Waals surface area contributed by atoms with Gasteiger partial charge in [-0.05, 0) is 36.6 Å². The molecule has 0 bridgehead atoms. The van der Waals surface area contributed by atoms with E-state index in [9.17, 15) is 13.6 Å². The fourth-order valence-corrected chi connectivity index (χ4v) is 6.36. The molecule has 1 atom stereocenters. The Bertz CT molecular complexity index is 1200. The summed E-state index contributed by atoms with van der Waals surface area (Å²) in [5.41, 5.74) is 2.54. The number of nitrogens with zero attached hydrogens (tertiary/aromatic N) is 5. The average Bonchev–Trinajstić information content (AvgIpc) is 3.53. The van der Waals surface area contributed by atoms with Gasteiger partial charge in [0.25, 0.3) is 0 Å². The number of fused-ring (bicyclic) bond motifs is 1. The smallest absolute Gasteiger partial charge is 0.243 e. The molecule has 1 unspecified atom stereocenters. The van der Waals surface area contributed by atoms with Crippen LogP contribution in [0.2, 0.25) is 0 Å². The molecule has 9 heteroatoms. The number of amides is 1. The molecule has 1 spiro atoms. The largest absolute Gasteiger partial charge is 0.355 e. The van der Waals surface area contributed by atoms with Crippen LogP contribution in [-0.2, 0) is 24.2 Å². The first-order valence-corrected chi connectivity index (χ1v) is 12.9. The standard InChI is InChI=1S/C26H31F2N5OS/c1-31(2)23(34)11-18-3-5-19(6-4-18)14-32-9-7-26(15-32)8-10-33(16-26)24-21-12-20(13-22(27)28)35-25(21)30-17-29-24/h3-6,12,17,22H,7-11,13-16H2,1-2H3. The topological polar surface area (TPSA) is 52.6 Å². The number of aromatic nitrogens is 2. The van der Waals surface area contributed by atoms with E-state index in [0.717, 1.165) is 67.2 Å². The lowest BCUT2D eigenvalue weighted by molar-refractivity contribution is -0.127. The summed E-state index contributed by atoms with van der Waals surface area (Å²) in [7, 11) is 3.56. The van der Waals surface area contributed by atoms with E-state index >= 15 is 0 Å². The number of anilines is 1. The molecule has 5 rings (SSSR count). The maximum atomic E-state index is 12.9. The molecule has 2 aliphatic rings. The molecular weight excluding hydrogens is 468 g/mol. The van der Waals surface area contributed by atoms with Crippen LogP contribution in [0, 0.1) is 5.41 Å². The van der Waals surface area contributed by atoms with Crippen molar-refractivity contribution in [3.05, 3.63) is 52.7 Å². The minimum Gasteiger partial charge on any atom is -0.355 e.